The first-order chi connectivity index (χ1) is 5.72. The van der Waals surface area contributed by atoms with Gasteiger partial charge in [-0.3, -0.25) is 0 Å². The Balaban J connectivity index is 2.06. The molecule has 0 radical (unpaired) electrons. The van der Waals surface area contributed by atoms with E-state index in [1.165, 1.54) is 12.8 Å². The van der Waals surface area contributed by atoms with Gasteiger partial charge < -0.3 is 10.1 Å². The summed E-state index contributed by atoms with van der Waals surface area (Å²) in [6, 6.07) is 0.261. The lowest BCUT2D eigenvalue weighted by molar-refractivity contribution is 0.148. The van der Waals surface area contributed by atoms with E-state index < -0.39 is 0 Å². The van der Waals surface area contributed by atoms with E-state index in [2.05, 4.69) is 5.32 Å². The van der Waals surface area contributed by atoms with E-state index in [-0.39, 0.29) is 12.1 Å². The fourth-order valence-electron chi connectivity index (χ4n) is 1.29. The van der Waals surface area contributed by atoms with Crippen LogP contribution in [-0.4, -0.2) is 18.7 Å². The maximum absolute atomic E-state index is 10.9. The van der Waals surface area contributed by atoms with Crippen LogP contribution in [0.25, 0.3) is 0 Å². The maximum Gasteiger partial charge on any atom is 0.407 e. The van der Waals surface area contributed by atoms with Gasteiger partial charge in [0.1, 0.15) is 0 Å². The molecule has 1 N–H and O–H groups in total. The van der Waals surface area contributed by atoms with Gasteiger partial charge in [0.25, 0.3) is 0 Å². The smallest absolute Gasteiger partial charge is 0.407 e. The molecular formula is C9H17NO2. The molecule has 12 heavy (non-hydrogen) atoms. The fraction of sp³-hybridized carbons (Fsp3) is 0.889. The van der Waals surface area contributed by atoms with Crippen molar-refractivity contribution in [1.29, 1.82) is 0 Å². The number of hydrogen-bond donors (Lipinski definition) is 1. The van der Waals surface area contributed by atoms with Gasteiger partial charge in [-0.05, 0) is 26.2 Å². The highest BCUT2D eigenvalue weighted by atomic mass is 16.5. The molecule has 1 aliphatic rings. The molecule has 70 valence electrons. The minimum atomic E-state index is -0.286. The molecule has 0 aromatic rings. The van der Waals surface area contributed by atoms with Crippen molar-refractivity contribution >= 4 is 6.09 Å². The highest BCUT2D eigenvalue weighted by molar-refractivity contribution is 5.67. The SMILES string of the molecule is CCOC(=O)NC(C)CC1CC1. The molecule has 1 unspecified atom stereocenters. The summed E-state index contributed by atoms with van der Waals surface area (Å²) >= 11 is 0. The Kier molecular flexibility index (Phi) is 3.38. The molecule has 0 saturated heterocycles. The summed E-state index contributed by atoms with van der Waals surface area (Å²) in [6.45, 7) is 4.28. The molecular weight excluding hydrogens is 154 g/mol. The number of ether oxygens (including phenoxy) is 1. The van der Waals surface area contributed by atoms with Gasteiger partial charge in [-0.25, -0.2) is 4.79 Å². The van der Waals surface area contributed by atoms with Gasteiger partial charge in [0.05, 0.1) is 6.61 Å². The van der Waals surface area contributed by atoms with E-state index in [0.29, 0.717) is 6.61 Å². The first-order valence-corrected chi connectivity index (χ1v) is 4.65. The summed E-state index contributed by atoms with van der Waals surface area (Å²) in [5.74, 6) is 0.849. The summed E-state index contributed by atoms with van der Waals surface area (Å²) in [5.41, 5.74) is 0. The summed E-state index contributed by atoms with van der Waals surface area (Å²) in [4.78, 5) is 10.9. The highest BCUT2D eigenvalue weighted by Crippen LogP contribution is 2.33. The van der Waals surface area contributed by atoms with Crippen molar-refractivity contribution in [2.45, 2.75) is 39.2 Å². The molecule has 3 heteroatoms. The zero-order valence-corrected chi connectivity index (χ0v) is 7.80. The van der Waals surface area contributed by atoms with Crippen molar-refractivity contribution in [2.75, 3.05) is 6.61 Å². The van der Waals surface area contributed by atoms with E-state index in [9.17, 15) is 4.79 Å². The van der Waals surface area contributed by atoms with Crippen LogP contribution < -0.4 is 5.32 Å². The van der Waals surface area contributed by atoms with E-state index in [1.54, 1.807) is 0 Å². The maximum atomic E-state index is 10.9. The lowest BCUT2D eigenvalue weighted by Gasteiger charge is -2.12. The predicted octanol–water partition coefficient (Wildman–Crippen LogP) is 1.92. The predicted molar refractivity (Wildman–Crippen MR) is 47.0 cm³/mol. The van der Waals surface area contributed by atoms with E-state index in [1.807, 2.05) is 13.8 Å². The van der Waals surface area contributed by atoms with Crippen molar-refractivity contribution in [3.05, 3.63) is 0 Å². The van der Waals surface area contributed by atoms with Crippen molar-refractivity contribution < 1.29 is 9.53 Å². The summed E-state index contributed by atoms with van der Waals surface area (Å²) < 4.78 is 4.76. The molecule has 3 nitrogen and oxygen atoms in total. The van der Waals surface area contributed by atoms with Gasteiger partial charge in [0.2, 0.25) is 0 Å². The number of carbonyl (C=O) groups excluding carboxylic acids is 1. The first-order valence-electron chi connectivity index (χ1n) is 4.65. The molecule has 0 heterocycles. The third kappa shape index (κ3) is 3.60. The van der Waals surface area contributed by atoms with Crippen molar-refractivity contribution in [3.63, 3.8) is 0 Å². The van der Waals surface area contributed by atoms with Gasteiger partial charge in [-0.2, -0.15) is 0 Å². The van der Waals surface area contributed by atoms with Crippen LogP contribution in [0.5, 0.6) is 0 Å². The zero-order chi connectivity index (χ0) is 8.97. The van der Waals surface area contributed by atoms with Crippen LogP contribution in [0.3, 0.4) is 0 Å². The van der Waals surface area contributed by atoms with Gasteiger partial charge in [0, 0.05) is 6.04 Å². The number of amides is 1. The van der Waals surface area contributed by atoms with E-state index in [0.717, 1.165) is 12.3 Å². The number of rotatable bonds is 4. The van der Waals surface area contributed by atoms with Crippen LogP contribution in [-0.2, 0) is 4.74 Å². The van der Waals surface area contributed by atoms with Crippen molar-refractivity contribution in [1.82, 2.24) is 5.32 Å². The Morgan fingerprint density at radius 1 is 1.67 bits per heavy atom. The average Bonchev–Trinajstić information content (AvgIpc) is 2.71. The molecule has 1 saturated carbocycles. The van der Waals surface area contributed by atoms with Gasteiger partial charge in [0.15, 0.2) is 0 Å². The molecule has 1 aliphatic carbocycles. The second-order valence-corrected chi connectivity index (χ2v) is 3.44. The molecule has 1 fully saturated rings. The standard InChI is InChI=1S/C9H17NO2/c1-3-12-9(11)10-7(2)6-8-4-5-8/h7-8H,3-6H2,1-2H3,(H,10,11). The Labute approximate surface area is 73.5 Å². The molecule has 0 spiro atoms. The zero-order valence-electron chi connectivity index (χ0n) is 7.80. The average molecular weight is 171 g/mol. The van der Waals surface area contributed by atoms with Crippen LogP contribution in [0.15, 0.2) is 0 Å². The quantitative estimate of drug-likeness (QED) is 0.701. The van der Waals surface area contributed by atoms with Crippen LogP contribution >= 0.6 is 0 Å². The number of carbonyl (C=O) groups is 1. The second kappa shape index (κ2) is 4.33. The van der Waals surface area contributed by atoms with E-state index in [4.69, 9.17) is 4.74 Å². The van der Waals surface area contributed by atoms with Crippen LogP contribution in [0.4, 0.5) is 4.79 Å². The van der Waals surface area contributed by atoms with Gasteiger partial charge in [-0.15, -0.1) is 0 Å². The Hall–Kier alpha value is -0.730. The van der Waals surface area contributed by atoms with Gasteiger partial charge >= 0.3 is 6.09 Å². The Bertz CT molecular complexity index is 155. The van der Waals surface area contributed by atoms with Crippen LogP contribution in [0.1, 0.15) is 33.1 Å². The second-order valence-electron chi connectivity index (χ2n) is 3.44. The normalized spacial score (nSPS) is 18.5. The monoisotopic (exact) mass is 171 g/mol. The number of nitrogens with one attached hydrogen (secondary N) is 1. The topological polar surface area (TPSA) is 38.3 Å². The van der Waals surface area contributed by atoms with Gasteiger partial charge in [-0.1, -0.05) is 12.8 Å². The Morgan fingerprint density at radius 3 is 2.83 bits per heavy atom. The molecule has 0 bridgehead atoms. The molecule has 0 aromatic carbocycles. The molecule has 0 aromatic heterocycles. The van der Waals surface area contributed by atoms with E-state index >= 15 is 0 Å². The largest absolute Gasteiger partial charge is 0.450 e. The Morgan fingerprint density at radius 2 is 2.33 bits per heavy atom. The number of alkyl carbamates (subject to hydrolysis) is 1. The van der Waals surface area contributed by atoms with Crippen molar-refractivity contribution in [3.8, 4) is 0 Å². The minimum absolute atomic E-state index is 0.261. The minimum Gasteiger partial charge on any atom is -0.450 e. The van der Waals surface area contributed by atoms with Crippen LogP contribution in [0.2, 0.25) is 0 Å². The fourth-order valence-corrected chi connectivity index (χ4v) is 1.29. The summed E-state index contributed by atoms with van der Waals surface area (Å²) in [7, 11) is 0. The molecule has 1 amide bonds. The lowest BCUT2D eigenvalue weighted by atomic mass is 10.2. The van der Waals surface area contributed by atoms with Crippen LogP contribution in [0, 0.1) is 5.92 Å². The molecule has 1 rings (SSSR count). The lowest BCUT2D eigenvalue weighted by Crippen LogP contribution is -2.33. The molecule has 1 atom stereocenters. The third-order valence-electron chi connectivity index (χ3n) is 2.02. The summed E-state index contributed by atoms with van der Waals surface area (Å²) in [6.07, 6.45) is 3.47. The van der Waals surface area contributed by atoms with Crippen molar-refractivity contribution in [2.24, 2.45) is 5.92 Å². The first kappa shape index (κ1) is 9.36. The highest BCUT2D eigenvalue weighted by Gasteiger charge is 2.24. The number of hydrogen-bond acceptors (Lipinski definition) is 2. The third-order valence-corrected chi connectivity index (χ3v) is 2.02. The summed E-state index contributed by atoms with van der Waals surface area (Å²) in [5, 5.41) is 2.79. The molecule has 0 aliphatic heterocycles.